The van der Waals surface area contributed by atoms with E-state index in [1.54, 1.807) is 42.5 Å². The summed E-state index contributed by atoms with van der Waals surface area (Å²) in [4.78, 5) is 35.8. The Labute approximate surface area is 394 Å². The molecule has 0 radical (unpaired) electrons. The van der Waals surface area contributed by atoms with Gasteiger partial charge in [0.2, 0.25) is 0 Å². The first-order chi connectivity index (χ1) is 31.6. The number of phosphoric ester groups is 1. The Hall–Kier alpha value is -2.31. The van der Waals surface area contributed by atoms with Crippen molar-refractivity contribution in [3.8, 4) is 0 Å². The van der Waals surface area contributed by atoms with Gasteiger partial charge in [-0.05, 0) is 25.7 Å². The fraction of sp³-hybridized carbons (Fsp3) is 0.796. The van der Waals surface area contributed by atoms with Crippen molar-refractivity contribution in [3.63, 3.8) is 0 Å². The number of carbonyl (C=O) groups is 2. The number of hydrogen-bond acceptors (Lipinski definition) is 15. The number of ether oxygens (including phenoxy) is 2. The van der Waals surface area contributed by atoms with E-state index in [4.69, 9.17) is 18.5 Å². The molecule has 0 amide bonds. The van der Waals surface area contributed by atoms with Crippen LogP contribution in [0.4, 0.5) is 0 Å². The second-order valence-corrected chi connectivity index (χ2v) is 18.9. The highest BCUT2D eigenvalue weighted by atomic mass is 31.2. The Morgan fingerprint density at radius 2 is 0.970 bits per heavy atom. The predicted molar refractivity (Wildman–Crippen MR) is 253 cm³/mol. The SMILES string of the molecule is CCCCCCCCCCCCCCCCCCCC(=O)OC[C@H](COP(=O)(O)OC1[C@H](O)[C@H](O)C(O)[C@H](O)[C@H]1O)OC(=O)CCC[C@H](O)[C@@H](O)/C=C/C=C/C=C\C=C\[C@@H](O)CCCCC. The van der Waals surface area contributed by atoms with E-state index >= 15 is 0 Å². The lowest BCUT2D eigenvalue weighted by molar-refractivity contribution is -0.220. The molecule has 66 heavy (non-hydrogen) atoms. The number of allylic oxidation sites excluding steroid dienone is 6. The van der Waals surface area contributed by atoms with Gasteiger partial charge in [-0.25, -0.2) is 4.57 Å². The van der Waals surface area contributed by atoms with E-state index in [0.29, 0.717) is 12.8 Å². The molecule has 384 valence electrons. The van der Waals surface area contributed by atoms with Crippen LogP contribution in [-0.2, 0) is 32.7 Å². The van der Waals surface area contributed by atoms with Gasteiger partial charge in [0, 0.05) is 12.8 Å². The van der Waals surface area contributed by atoms with Gasteiger partial charge in [0.15, 0.2) is 6.10 Å². The van der Waals surface area contributed by atoms with Gasteiger partial charge >= 0.3 is 19.8 Å². The number of carbonyl (C=O) groups excluding carboxylic acids is 2. The number of hydrogen-bond donors (Lipinski definition) is 9. The average Bonchev–Trinajstić information content (AvgIpc) is 3.29. The average molecular weight is 963 g/mol. The van der Waals surface area contributed by atoms with Crippen LogP contribution < -0.4 is 0 Å². The first kappa shape index (κ1) is 61.7. The Morgan fingerprint density at radius 1 is 0.530 bits per heavy atom. The molecule has 17 heteroatoms. The molecule has 1 fully saturated rings. The highest BCUT2D eigenvalue weighted by Crippen LogP contribution is 2.47. The lowest BCUT2D eigenvalue weighted by atomic mass is 9.85. The number of unbranched alkanes of at least 4 members (excludes halogenated alkanes) is 18. The Morgan fingerprint density at radius 3 is 1.50 bits per heavy atom. The van der Waals surface area contributed by atoms with Crippen LogP contribution in [0.1, 0.15) is 174 Å². The smallest absolute Gasteiger partial charge is 0.462 e. The fourth-order valence-corrected chi connectivity index (χ4v) is 8.35. The van der Waals surface area contributed by atoms with Gasteiger partial charge in [-0.15, -0.1) is 0 Å². The summed E-state index contributed by atoms with van der Waals surface area (Å²) in [5, 5.41) is 80.9. The number of aliphatic hydroxyl groups excluding tert-OH is 8. The van der Waals surface area contributed by atoms with E-state index in [1.807, 2.05) is 0 Å². The van der Waals surface area contributed by atoms with Crippen molar-refractivity contribution in [2.75, 3.05) is 13.2 Å². The van der Waals surface area contributed by atoms with Crippen molar-refractivity contribution in [2.45, 2.75) is 235 Å². The zero-order valence-corrected chi connectivity index (χ0v) is 40.7. The van der Waals surface area contributed by atoms with E-state index in [9.17, 15) is 59.9 Å². The van der Waals surface area contributed by atoms with Crippen LogP contribution >= 0.6 is 7.82 Å². The molecule has 0 bridgehead atoms. The molecule has 0 spiro atoms. The van der Waals surface area contributed by atoms with Gasteiger partial charge in [-0.1, -0.05) is 184 Å². The van der Waals surface area contributed by atoms with E-state index in [1.165, 1.54) is 83.1 Å². The summed E-state index contributed by atoms with van der Waals surface area (Å²) in [7, 11) is -5.22. The molecule has 0 saturated heterocycles. The molecular formula is C49H87O16P. The third-order valence-corrected chi connectivity index (χ3v) is 12.5. The first-order valence-electron chi connectivity index (χ1n) is 24.8. The highest BCUT2D eigenvalue weighted by Gasteiger charge is 2.51. The molecule has 0 heterocycles. The molecular weight excluding hydrogens is 875 g/mol. The van der Waals surface area contributed by atoms with Crippen LogP contribution in [0.25, 0.3) is 0 Å². The van der Waals surface area contributed by atoms with Crippen molar-refractivity contribution < 1.29 is 78.4 Å². The van der Waals surface area contributed by atoms with Crippen molar-refractivity contribution in [1.29, 1.82) is 0 Å². The van der Waals surface area contributed by atoms with Crippen LogP contribution in [-0.4, -0.2) is 132 Å². The summed E-state index contributed by atoms with van der Waals surface area (Å²) >= 11 is 0. The molecule has 3 unspecified atom stereocenters. The lowest BCUT2D eigenvalue weighted by Gasteiger charge is -2.41. The minimum atomic E-state index is -5.22. The topological polar surface area (TPSA) is 270 Å². The quantitative estimate of drug-likeness (QED) is 0.0131. The maximum Gasteiger partial charge on any atom is 0.472 e. The van der Waals surface area contributed by atoms with Gasteiger partial charge in [-0.3, -0.25) is 18.6 Å². The molecule has 0 aromatic rings. The molecule has 1 aliphatic carbocycles. The van der Waals surface area contributed by atoms with E-state index in [2.05, 4.69) is 13.8 Å². The van der Waals surface area contributed by atoms with Gasteiger partial charge < -0.3 is 55.2 Å². The minimum absolute atomic E-state index is 0.00321. The molecule has 1 saturated carbocycles. The van der Waals surface area contributed by atoms with Gasteiger partial charge in [-0.2, -0.15) is 0 Å². The van der Waals surface area contributed by atoms with E-state index in [-0.39, 0.29) is 25.7 Å². The van der Waals surface area contributed by atoms with Crippen molar-refractivity contribution in [2.24, 2.45) is 0 Å². The van der Waals surface area contributed by atoms with Crippen molar-refractivity contribution >= 4 is 19.8 Å². The fourth-order valence-electron chi connectivity index (χ4n) is 7.38. The number of aliphatic hydroxyl groups is 8. The van der Waals surface area contributed by atoms with Gasteiger partial charge in [0.1, 0.15) is 43.2 Å². The summed E-state index contributed by atoms with van der Waals surface area (Å²) in [5.74, 6) is -1.43. The first-order valence-corrected chi connectivity index (χ1v) is 26.3. The van der Waals surface area contributed by atoms with Crippen LogP contribution in [0.3, 0.4) is 0 Å². The third kappa shape index (κ3) is 30.2. The zero-order valence-electron chi connectivity index (χ0n) is 39.8. The number of phosphoric acid groups is 1. The maximum absolute atomic E-state index is 12.8. The minimum Gasteiger partial charge on any atom is -0.462 e. The second kappa shape index (κ2) is 38.5. The second-order valence-electron chi connectivity index (χ2n) is 17.5. The van der Waals surface area contributed by atoms with Crippen LogP contribution in [0.2, 0.25) is 0 Å². The number of esters is 2. The lowest BCUT2D eigenvalue weighted by Crippen LogP contribution is -2.64. The summed E-state index contributed by atoms with van der Waals surface area (Å²) < 4.78 is 33.3. The maximum atomic E-state index is 12.8. The van der Waals surface area contributed by atoms with Crippen molar-refractivity contribution in [1.82, 2.24) is 0 Å². The monoisotopic (exact) mass is 963 g/mol. The van der Waals surface area contributed by atoms with Crippen LogP contribution in [0.15, 0.2) is 48.6 Å². The van der Waals surface area contributed by atoms with Gasteiger partial charge in [0.25, 0.3) is 0 Å². The number of rotatable bonds is 40. The standard InChI is InChI=1S/C49H87O16P/c1-3-5-7-8-9-10-11-12-13-14-15-16-17-18-19-24-28-34-42(53)62-36-39(37-63-66(60,61)65-49-47(58)45(56)44(55)46(57)48(49)59)64-43(54)35-29-33-41(52)40(51)32-27-23-21-20-22-26-31-38(50)30-25-6-4-2/h20-23,26-27,31-32,38-41,44-52,55-59H,3-19,24-25,28-30,33-37H2,1-2H3,(H,60,61)/b22-20-,23-21+,31-26+,32-27+/t38-,39+,40-,41-,44?,45-,46+,47+,48+,49?/m0/s1. The highest BCUT2D eigenvalue weighted by molar-refractivity contribution is 7.47. The summed E-state index contributed by atoms with van der Waals surface area (Å²) in [5.41, 5.74) is 0. The molecule has 1 rings (SSSR count). The molecule has 9 N–H and O–H groups in total. The van der Waals surface area contributed by atoms with E-state index < -0.39 is 94.0 Å². The Kier molecular flexibility index (Phi) is 36.0. The predicted octanol–water partition coefficient (Wildman–Crippen LogP) is 6.86. The Bertz CT molecular complexity index is 1390. The van der Waals surface area contributed by atoms with Crippen molar-refractivity contribution in [3.05, 3.63) is 48.6 Å². The van der Waals surface area contributed by atoms with Gasteiger partial charge in [0.05, 0.1) is 24.9 Å². The summed E-state index contributed by atoms with van der Waals surface area (Å²) in [6, 6.07) is 0. The summed E-state index contributed by atoms with van der Waals surface area (Å²) in [6.07, 6.45) is 20.7. The molecule has 16 nitrogen and oxygen atoms in total. The van der Waals surface area contributed by atoms with Crippen LogP contribution in [0, 0.1) is 0 Å². The molecule has 0 aromatic heterocycles. The van der Waals surface area contributed by atoms with E-state index in [0.717, 1.165) is 44.9 Å². The largest absolute Gasteiger partial charge is 0.472 e. The molecule has 11 atom stereocenters. The molecule has 0 aromatic carbocycles. The normalized spacial score (nSPS) is 23.1. The van der Waals surface area contributed by atoms with Crippen LogP contribution in [0.5, 0.6) is 0 Å². The molecule has 1 aliphatic rings. The zero-order chi connectivity index (χ0) is 49.0. The summed E-state index contributed by atoms with van der Waals surface area (Å²) in [6.45, 7) is 2.92. The Balaban J connectivity index is 2.58. The third-order valence-electron chi connectivity index (χ3n) is 11.5. The molecule has 0 aliphatic heterocycles.